The molecule has 1 aromatic carbocycles. The van der Waals surface area contributed by atoms with Crippen molar-refractivity contribution in [1.29, 1.82) is 0 Å². The van der Waals surface area contributed by atoms with Gasteiger partial charge in [0.1, 0.15) is 11.4 Å². The molecule has 0 aliphatic rings. The Hall–Kier alpha value is -2.83. The molecule has 2 aromatic rings. The molecule has 0 spiro atoms. The number of nitrogens with one attached hydrogen (secondary N) is 1. The quantitative estimate of drug-likeness (QED) is 0.846. The van der Waals surface area contributed by atoms with Crippen LogP contribution in [0.15, 0.2) is 30.3 Å². The number of anilines is 2. The van der Waals surface area contributed by atoms with E-state index in [0.717, 1.165) is 15.9 Å². The zero-order chi connectivity index (χ0) is 18.6. The van der Waals surface area contributed by atoms with E-state index in [2.05, 4.69) is 10.4 Å². The van der Waals surface area contributed by atoms with Crippen LogP contribution in [0, 0.1) is 6.92 Å². The van der Waals surface area contributed by atoms with Gasteiger partial charge in [-0.15, -0.1) is 4.68 Å². The van der Waals surface area contributed by atoms with Crippen molar-refractivity contribution >= 4 is 23.6 Å². The van der Waals surface area contributed by atoms with Gasteiger partial charge in [-0.2, -0.15) is 5.10 Å². The van der Waals surface area contributed by atoms with E-state index in [1.807, 2.05) is 31.2 Å². The highest BCUT2D eigenvalue weighted by Crippen LogP contribution is 2.22. The van der Waals surface area contributed by atoms with Crippen LogP contribution in [0.2, 0.25) is 0 Å². The number of rotatable bonds is 4. The van der Waals surface area contributed by atoms with Crippen molar-refractivity contribution in [3.05, 3.63) is 41.6 Å². The van der Waals surface area contributed by atoms with Crippen molar-refractivity contribution < 1.29 is 19.1 Å². The normalized spacial score (nSPS) is 11.1. The Kier molecular flexibility index (Phi) is 5.46. The minimum atomic E-state index is -0.673. The molecule has 0 atom stereocenters. The zero-order valence-corrected chi connectivity index (χ0v) is 15.1. The average molecular weight is 345 g/mol. The van der Waals surface area contributed by atoms with Crippen molar-refractivity contribution in [3.8, 4) is 0 Å². The number of para-hydroxylation sites is 1. The molecule has 134 valence electrons. The molecule has 0 amide bonds. The first-order chi connectivity index (χ1) is 11.7. The molecule has 0 aliphatic heterocycles. The van der Waals surface area contributed by atoms with Crippen LogP contribution >= 0.6 is 0 Å². The number of aryl methyl sites for hydroxylation is 1. The molecule has 0 saturated carbocycles. The Labute approximate surface area is 146 Å². The number of hydrogen-bond donors (Lipinski definition) is 1. The highest BCUT2D eigenvalue weighted by molar-refractivity contribution is 5.90. The molecule has 0 saturated heterocycles. The number of carbonyl (C=O) groups is 2. The molecule has 0 fully saturated rings. The summed E-state index contributed by atoms with van der Waals surface area (Å²) in [6, 6.07) is 9.05. The Morgan fingerprint density at radius 1 is 1.24 bits per heavy atom. The molecule has 1 aromatic heterocycles. The van der Waals surface area contributed by atoms with E-state index in [-0.39, 0.29) is 12.3 Å². The molecule has 0 unspecified atom stereocenters. The van der Waals surface area contributed by atoms with Gasteiger partial charge in [-0.3, -0.25) is 0 Å². The molecular formula is C18H23N3O4. The van der Waals surface area contributed by atoms with Gasteiger partial charge < -0.3 is 14.8 Å². The van der Waals surface area contributed by atoms with Gasteiger partial charge in [0.2, 0.25) is 0 Å². The predicted molar refractivity (Wildman–Crippen MR) is 94.3 cm³/mol. The van der Waals surface area contributed by atoms with Crippen molar-refractivity contribution in [1.82, 2.24) is 9.78 Å². The lowest BCUT2D eigenvalue weighted by atomic mass is 10.2. The topological polar surface area (TPSA) is 82.5 Å². The average Bonchev–Trinajstić information content (AvgIpc) is 2.92. The largest absolute Gasteiger partial charge is 0.455 e. The van der Waals surface area contributed by atoms with Crippen molar-refractivity contribution in [2.45, 2.75) is 40.2 Å². The van der Waals surface area contributed by atoms with Crippen LogP contribution in [-0.2, 0) is 9.47 Å². The maximum Gasteiger partial charge on any atom is 0.436 e. The van der Waals surface area contributed by atoms with Gasteiger partial charge in [0.15, 0.2) is 5.69 Å². The number of hydrogen-bond acceptors (Lipinski definition) is 6. The van der Waals surface area contributed by atoms with Gasteiger partial charge in [-0.25, -0.2) is 9.59 Å². The molecule has 7 heteroatoms. The molecule has 2 rings (SSSR count). The summed E-state index contributed by atoms with van der Waals surface area (Å²) >= 11 is 0. The summed E-state index contributed by atoms with van der Waals surface area (Å²) in [5.41, 5.74) is 1.15. The molecule has 0 radical (unpaired) electrons. The maximum atomic E-state index is 12.2. The van der Waals surface area contributed by atoms with E-state index in [4.69, 9.17) is 9.47 Å². The first kappa shape index (κ1) is 18.5. The van der Waals surface area contributed by atoms with E-state index < -0.39 is 17.7 Å². The first-order valence-corrected chi connectivity index (χ1v) is 8.04. The summed E-state index contributed by atoms with van der Waals surface area (Å²) < 4.78 is 11.3. The number of benzene rings is 1. The fourth-order valence-corrected chi connectivity index (χ4v) is 2.08. The minimum absolute atomic E-state index is 0.0269. The smallest absolute Gasteiger partial charge is 0.436 e. The third-order valence-electron chi connectivity index (χ3n) is 3.17. The summed E-state index contributed by atoms with van der Waals surface area (Å²) in [6.07, 6.45) is -0.673. The zero-order valence-electron chi connectivity index (χ0n) is 15.1. The summed E-state index contributed by atoms with van der Waals surface area (Å²) in [5.74, 6) is -0.281. The van der Waals surface area contributed by atoms with Crippen molar-refractivity contribution in [2.75, 3.05) is 11.9 Å². The highest BCUT2D eigenvalue weighted by atomic mass is 16.6. The van der Waals surface area contributed by atoms with Crippen LogP contribution < -0.4 is 5.32 Å². The molecule has 1 N–H and O–H groups in total. The van der Waals surface area contributed by atoms with Crippen LogP contribution in [-0.4, -0.2) is 34.1 Å². The second-order valence-electron chi connectivity index (χ2n) is 6.47. The third-order valence-corrected chi connectivity index (χ3v) is 3.17. The Morgan fingerprint density at radius 3 is 2.52 bits per heavy atom. The number of aromatic nitrogens is 2. The summed E-state index contributed by atoms with van der Waals surface area (Å²) in [6.45, 7) is 9.12. The lowest BCUT2D eigenvalue weighted by Crippen LogP contribution is -2.24. The number of ether oxygens (including phenoxy) is 2. The Morgan fingerprint density at radius 2 is 1.92 bits per heavy atom. The van der Waals surface area contributed by atoms with Gasteiger partial charge in [0.05, 0.1) is 6.61 Å². The monoisotopic (exact) mass is 345 g/mol. The summed E-state index contributed by atoms with van der Waals surface area (Å²) in [4.78, 5) is 24.4. The first-order valence-electron chi connectivity index (χ1n) is 8.04. The summed E-state index contributed by atoms with van der Waals surface area (Å²) in [7, 11) is 0. The van der Waals surface area contributed by atoms with Gasteiger partial charge in [0, 0.05) is 11.8 Å². The predicted octanol–water partition coefficient (Wildman–Crippen LogP) is 3.90. The van der Waals surface area contributed by atoms with E-state index >= 15 is 0 Å². The number of nitrogens with zero attached hydrogens (tertiary/aromatic N) is 2. The maximum absolute atomic E-state index is 12.2. The lowest BCUT2D eigenvalue weighted by molar-refractivity contribution is 0.00623. The molecule has 7 nitrogen and oxygen atoms in total. The molecular weight excluding hydrogens is 322 g/mol. The van der Waals surface area contributed by atoms with Gasteiger partial charge in [0.25, 0.3) is 0 Å². The minimum Gasteiger partial charge on any atom is -0.455 e. The Bertz CT molecular complexity index is 775. The van der Waals surface area contributed by atoms with Gasteiger partial charge in [-0.1, -0.05) is 18.2 Å². The molecule has 0 bridgehead atoms. The summed E-state index contributed by atoms with van der Waals surface area (Å²) in [5, 5.41) is 7.15. The lowest BCUT2D eigenvalue weighted by Gasteiger charge is -2.18. The van der Waals surface area contributed by atoms with Gasteiger partial charge >= 0.3 is 12.1 Å². The molecule has 1 heterocycles. The Balaban J connectivity index is 2.37. The third kappa shape index (κ3) is 4.82. The van der Waals surface area contributed by atoms with Crippen LogP contribution in [0.25, 0.3) is 0 Å². The number of carbonyl (C=O) groups excluding carboxylic acids is 2. The molecule has 25 heavy (non-hydrogen) atoms. The van der Waals surface area contributed by atoms with Crippen LogP contribution in [0.3, 0.4) is 0 Å². The van der Waals surface area contributed by atoms with Crippen molar-refractivity contribution in [3.63, 3.8) is 0 Å². The fraction of sp³-hybridized carbons (Fsp3) is 0.389. The van der Waals surface area contributed by atoms with E-state index in [9.17, 15) is 9.59 Å². The van der Waals surface area contributed by atoms with Gasteiger partial charge in [-0.05, 0) is 46.2 Å². The second-order valence-corrected chi connectivity index (χ2v) is 6.47. The van der Waals surface area contributed by atoms with E-state index in [1.165, 1.54) is 6.07 Å². The van der Waals surface area contributed by atoms with E-state index in [0.29, 0.717) is 5.82 Å². The van der Waals surface area contributed by atoms with Crippen molar-refractivity contribution in [2.24, 2.45) is 0 Å². The van der Waals surface area contributed by atoms with E-state index in [1.54, 1.807) is 27.7 Å². The molecule has 0 aliphatic carbocycles. The van der Waals surface area contributed by atoms with Crippen LogP contribution in [0.1, 0.15) is 43.7 Å². The highest BCUT2D eigenvalue weighted by Gasteiger charge is 2.24. The standard InChI is InChI=1S/C18H23N3O4/c1-6-24-17(23)21-15(19-13-10-8-7-9-12(13)2)11-14(20-21)16(22)25-18(3,4)5/h7-11,19H,6H2,1-5H3. The SMILES string of the molecule is CCOC(=O)n1nc(C(=O)OC(C)(C)C)cc1Nc1ccccc1C. The number of esters is 1. The fourth-order valence-electron chi connectivity index (χ4n) is 2.08. The van der Waals surface area contributed by atoms with Crippen LogP contribution in [0.4, 0.5) is 16.3 Å². The van der Waals surface area contributed by atoms with Crippen LogP contribution in [0.5, 0.6) is 0 Å². The second kappa shape index (κ2) is 7.38.